The van der Waals surface area contributed by atoms with Crippen molar-refractivity contribution in [1.82, 2.24) is 20.6 Å². The first-order valence-corrected chi connectivity index (χ1v) is 10.8. The average molecular weight is 555 g/mol. The molecule has 2 aliphatic heterocycles. The van der Waals surface area contributed by atoms with Gasteiger partial charge >= 0.3 is 0 Å². The summed E-state index contributed by atoms with van der Waals surface area (Å²) in [5, 5.41) is 6.77. The minimum absolute atomic E-state index is 0. The quantitative estimate of drug-likeness (QED) is 0.334. The van der Waals surface area contributed by atoms with Gasteiger partial charge in [-0.3, -0.25) is 4.99 Å². The zero-order chi connectivity index (χ0) is 21.6. The Morgan fingerprint density at radius 2 is 2.09 bits per heavy atom. The molecule has 2 aromatic rings. The highest BCUT2D eigenvalue weighted by Crippen LogP contribution is 2.21. The molecule has 4 rings (SSSR count). The van der Waals surface area contributed by atoms with Gasteiger partial charge in [-0.05, 0) is 37.1 Å². The normalized spacial score (nSPS) is 21.3. The molecule has 0 radical (unpaired) electrons. The molecule has 2 atom stereocenters. The van der Waals surface area contributed by atoms with Crippen molar-refractivity contribution in [2.24, 2.45) is 4.99 Å². The maximum absolute atomic E-state index is 14.0. The molecule has 174 valence electrons. The summed E-state index contributed by atoms with van der Waals surface area (Å²) in [6.07, 6.45) is 4.65. The summed E-state index contributed by atoms with van der Waals surface area (Å²) in [7, 11) is 1.75. The molecule has 0 aliphatic carbocycles. The number of hydrogen-bond donors (Lipinski definition) is 2. The van der Waals surface area contributed by atoms with Gasteiger partial charge in [0.05, 0.1) is 12.7 Å². The number of nitrogens with one attached hydrogen (secondary N) is 2. The number of rotatable bonds is 5. The fourth-order valence-electron chi connectivity index (χ4n) is 3.99. The van der Waals surface area contributed by atoms with Gasteiger partial charge in [0.2, 0.25) is 0 Å². The van der Waals surface area contributed by atoms with Crippen LogP contribution >= 0.6 is 24.0 Å². The zero-order valence-corrected chi connectivity index (χ0v) is 20.8. The molecule has 2 aliphatic rings. The van der Waals surface area contributed by atoms with Crippen molar-refractivity contribution in [2.75, 3.05) is 49.6 Å². The summed E-state index contributed by atoms with van der Waals surface area (Å²) in [5.74, 6) is 1.83. The molecule has 2 N–H and O–H groups in total. The minimum atomic E-state index is -0.284. The highest BCUT2D eigenvalue weighted by molar-refractivity contribution is 14.0. The SMILES string of the molecule is CN=C(NCc1ccc(N2CCOC(C)C2)nc1)NC1CCN(c2ncccc2F)C1.I. The third-order valence-electron chi connectivity index (χ3n) is 5.63. The zero-order valence-electron chi connectivity index (χ0n) is 18.5. The van der Waals surface area contributed by atoms with Gasteiger partial charge in [0, 0.05) is 58.2 Å². The van der Waals surface area contributed by atoms with E-state index in [0.717, 1.165) is 50.0 Å². The van der Waals surface area contributed by atoms with E-state index in [0.29, 0.717) is 18.9 Å². The van der Waals surface area contributed by atoms with Gasteiger partial charge in [0.1, 0.15) is 5.82 Å². The average Bonchev–Trinajstić information content (AvgIpc) is 3.25. The number of nitrogens with zero attached hydrogens (tertiary/aromatic N) is 5. The third-order valence-corrected chi connectivity index (χ3v) is 5.63. The van der Waals surface area contributed by atoms with E-state index in [-0.39, 0.29) is 41.9 Å². The molecule has 0 aromatic carbocycles. The van der Waals surface area contributed by atoms with Crippen molar-refractivity contribution in [3.05, 3.63) is 48.0 Å². The summed E-state index contributed by atoms with van der Waals surface area (Å²) in [6.45, 7) is 6.61. The van der Waals surface area contributed by atoms with Gasteiger partial charge < -0.3 is 25.2 Å². The topological polar surface area (TPSA) is 77.9 Å². The van der Waals surface area contributed by atoms with Crippen LogP contribution in [0.2, 0.25) is 0 Å². The maximum Gasteiger partial charge on any atom is 0.191 e. The second kappa shape index (κ2) is 11.6. The molecular formula is C22H31FIN7O. The van der Waals surface area contributed by atoms with Crippen LogP contribution in [0.3, 0.4) is 0 Å². The van der Waals surface area contributed by atoms with Gasteiger partial charge in [-0.2, -0.15) is 0 Å². The van der Waals surface area contributed by atoms with Crippen LogP contribution in [-0.2, 0) is 11.3 Å². The van der Waals surface area contributed by atoms with E-state index in [1.165, 1.54) is 6.07 Å². The number of aromatic nitrogens is 2. The fourth-order valence-corrected chi connectivity index (χ4v) is 3.99. The Morgan fingerprint density at radius 1 is 1.22 bits per heavy atom. The number of anilines is 2. The third kappa shape index (κ3) is 6.18. The Kier molecular flexibility index (Phi) is 8.85. The monoisotopic (exact) mass is 555 g/mol. The molecule has 0 bridgehead atoms. The molecule has 10 heteroatoms. The van der Waals surface area contributed by atoms with Crippen LogP contribution in [0.5, 0.6) is 0 Å². The molecule has 0 spiro atoms. The standard InChI is InChI=1S/C22H30FN7O.HI/c1-16-14-29(10-11-31-16)20-6-5-17(12-26-20)13-27-22(24-2)28-18-7-9-30(15-18)21-19(23)4-3-8-25-21;/h3-6,8,12,16,18H,7,9-11,13-15H2,1-2H3,(H2,24,27,28);1H. The number of hydrogen-bond acceptors (Lipinski definition) is 6. The number of ether oxygens (including phenoxy) is 1. The Hall–Kier alpha value is -2.21. The number of aliphatic imine (C=N–C) groups is 1. The number of guanidine groups is 1. The van der Waals surface area contributed by atoms with Crippen LogP contribution in [0.4, 0.5) is 16.0 Å². The van der Waals surface area contributed by atoms with Crippen molar-refractivity contribution >= 4 is 41.6 Å². The van der Waals surface area contributed by atoms with E-state index in [1.54, 1.807) is 19.3 Å². The highest BCUT2D eigenvalue weighted by atomic mass is 127. The van der Waals surface area contributed by atoms with E-state index < -0.39 is 0 Å². The van der Waals surface area contributed by atoms with E-state index in [9.17, 15) is 4.39 Å². The molecule has 0 saturated carbocycles. The minimum Gasteiger partial charge on any atom is -0.375 e. The molecular weight excluding hydrogens is 524 g/mol. The van der Waals surface area contributed by atoms with Crippen molar-refractivity contribution in [1.29, 1.82) is 0 Å². The number of halogens is 2. The smallest absolute Gasteiger partial charge is 0.191 e. The van der Waals surface area contributed by atoms with Gasteiger partial charge in [-0.15, -0.1) is 24.0 Å². The molecule has 2 fully saturated rings. The van der Waals surface area contributed by atoms with E-state index in [1.807, 2.05) is 11.1 Å². The highest BCUT2D eigenvalue weighted by Gasteiger charge is 2.26. The predicted octanol–water partition coefficient (Wildman–Crippen LogP) is 2.40. The molecule has 2 saturated heterocycles. The summed E-state index contributed by atoms with van der Waals surface area (Å²) in [5.41, 5.74) is 1.08. The molecule has 0 amide bonds. The van der Waals surface area contributed by atoms with Gasteiger partial charge in [0.15, 0.2) is 17.6 Å². The number of pyridine rings is 2. The molecule has 32 heavy (non-hydrogen) atoms. The Morgan fingerprint density at radius 3 is 2.81 bits per heavy atom. The Labute approximate surface area is 205 Å². The van der Waals surface area contributed by atoms with Crippen LogP contribution in [0.1, 0.15) is 18.9 Å². The summed E-state index contributed by atoms with van der Waals surface area (Å²) in [4.78, 5) is 17.3. The van der Waals surface area contributed by atoms with Crippen molar-refractivity contribution in [3.8, 4) is 0 Å². The Balaban J connectivity index is 0.00000289. The van der Waals surface area contributed by atoms with Crippen molar-refractivity contribution in [3.63, 3.8) is 0 Å². The lowest BCUT2D eigenvalue weighted by Gasteiger charge is -2.32. The van der Waals surface area contributed by atoms with Crippen molar-refractivity contribution < 1.29 is 9.13 Å². The molecule has 2 unspecified atom stereocenters. The summed E-state index contributed by atoms with van der Waals surface area (Å²) in [6, 6.07) is 7.38. The van der Waals surface area contributed by atoms with Gasteiger partial charge in [-0.1, -0.05) is 6.07 Å². The first kappa shape index (κ1) is 24.4. The van der Waals surface area contributed by atoms with Gasteiger partial charge in [-0.25, -0.2) is 14.4 Å². The molecule has 2 aromatic heterocycles. The van der Waals surface area contributed by atoms with Crippen LogP contribution in [0.25, 0.3) is 0 Å². The largest absolute Gasteiger partial charge is 0.375 e. The lowest BCUT2D eigenvalue weighted by atomic mass is 10.2. The summed E-state index contributed by atoms with van der Waals surface area (Å²) >= 11 is 0. The second-order valence-corrected chi connectivity index (χ2v) is 7.96. The first-order valence-electron chi connectivity index (χ1n) is 10.8. The molecule has 4 heterocycles. The summed E-state index contributed by atoms with van der Waals surface area (Å²) < 4.78 is 19.6. The van der Waals surface area contributed by atoms with E-state index in [2.05, 4.69) is 49.6 Å². The lowest BCUT2D eigenvalue weighted by molar-refractivity contribution is 0.0529. The fraction of sp³-hybridized carbons (Fsp3) is 0.500. The van der Waals surface area contributed by atoms with Crippen LogP contribution in [0, 0.1) is 5.82 Å². The number of morpholine rings is 1. The Bertz CT molecular complexity index is 898. The lowest BCUT2D eigenvalue weighted by Crippen LogP contribution is -2.44. The van der Waals surface area contributed by atoms with E-state index >= 15 is 0 Å². The van der Waals surface area contributed by atoms with Crippen LogP contribution < -0.4 is 20.4 Å². The predicted molar refractivity (Wildman–Crippen MR) is 135 cm³/mol. The molecule has 8 nitrogen and oxygen atoms in total. The van der Waals surface area contributed by atoms with Crippen molar-refractivity contribution in [2.45, 2.75) is 32.0 Å². The first-order chi connectivity index (χ1) is 15.1. The second-order valence-electron chi connectivity index (χ2n) is 7.96. The van der Waals surface area contributed by atoms with Crippen LogP contribution in [0.15, 0.2) is 41.7 Å². The van der Waals surface area contributed by atoms with Crippen LogP contribution in [-0.4, -0.2) is 67.9 Å². The maximum atomic E-state index is 14.0. The van der Waals surface area contributed by atoms with Gasteiger partial charge in [0.25, 0.3) is 0 Å². The van der Waals surface area contributed by atoms with E-state index in [4.69, 9.17) is 4.74 Å².